The lowest BCUT2D eigenvalue weighted by Crippen LogP contribution is -2.22. The maximum absolute atomic E-state index is 6.04. The zero-order valence-corrected chi connectivity index (χ0v) is 13.5. The van der Waals surface area contributed by atoms with Crippen molar-refractivity contribution in [1.82, 2.24) is 15.0 Å². The maximum atomic E-state index is 6.04. The van der Waals surface area contributed by atoms with Gasteiger partial charge in [0, 0.05) is 10.2 Å². The van der Waals surface area contributed by atoms with E-state index >= 15 is 0 Å². The molecule has 2 aromatic rings. The summed E-state index contributed by atoms with van der Waals surface area (Å²) in [6.07, 6.45) is 1.95. The Labute approximate surface area is 126 Å². The molecule has 0 bridgehead atoms. The molecule has 0 radical (unpaired) electrons. The second kappa shape index (κ2) is 5.51. The fourth-order valence-electron chi connectivity index (χ4n) is 1.51. The molecule has 1 aromatic carbocycles. The van der Waals surface area contributed by atoms with Gasteiger partial charge in [0.2, 0.25) is 0 Å². The van der Waals surface area contributed by atoms with E-state index in [-0.39, 0.29) is 5.54 Å². The van der Waals surface area contributed by atoms with Crippen LogP contribution in [0.2, 0.25) is 5.02 Å². The lowest BCUT2D eigenvalue weighted by molar-refractivity contribution is 0.347. The predicted molar refractivity (Wildman–Crippen MR) is 81.5 cm³/mol. The summed E-state index contributed by atoms with van der Waals surface area (Å²) in [7, 11) is 0. The molecule has 0 amide bonds. The van der Waals surface area contributed by atoms with E-state index in [2.05, 4.69) is 52.3 Å². The second-order valence-electron chi connectivity index (χ2n) is 5.31. The van der Waals surface area contributed by atoms with Crippen LogP contribution in [0.4, 0.5) is 5.69 Å². The minimum absolute atomic E-state index is 0.0494. The fraction of sp³-hybridized carbons (Fsp3) is 0.385. The molecule has 0 atom stereocenters. The standard InChI is InChI=1S/C13H16BrClN4/c1-13(2,3)19-8-10(17-18-19)7-16-9-4-5-11(14)12(15)6-9/h4-6,8,16H,7H2,1-3H3. The third kappa shape index (κ3) is 3.70. The topological polar surface area (TPSA) is 42.7 Å². The summed E-state index contributed by atoms with van der Waals surface area (Å²) in [5.41, 5.74) is 1.80. The first-order chi connectivity index (χ1) is 8.86. The van der Waals surface area contributed by atoms with E-state index in [0.29, 0.717) is 11.6 Å². The molecule has 1 aromatic heterocycles. The van der Waals surface area contributed by atoms with Crippen molar-refractivity contribution in [2.45, 2.75) is 32.9 Å². The van der Waals surface area contributed by atoms with E-state index in [1.165, 1.54) is 0 Å². The van der Waals surface area contributed by atoms with Gasteiger partial charge < -0.3 is 5.32 Å². The van der Waals surface area contributed by atoms with Crippen molar-refractivity contribution in [3.63, 3.8) is 0 Å². The van der Waals surface area contributed by atoms with Crippen LogP contribution < -0.4 is 5.32 Å². The normalized spacial score (nSPS) is 11.6. The first-order valence-corrected chi connectivity index (χ1v) is 7.14. The van der Waals surface area contributed by atoms with Crippen molar-refractivity contribution in [2.75, 3.05) is 5.32 Å². The molecule has 0 fully saturated rings. The Balaban J connectivity index is 2.02. The van der Waals surface area contributed by atoms with Gasteiger partial charge in [0.05, 0.1) is 23.3 Å². The van der Waals surface area contributed by atoms with Gasteiger partial charge in [-0.2, -0.15) is 0 Å². The third-order valence-electron chi connectivity index (χ3n) is 2.62. The SMILES string of the molecule is CC(C)(C)n1cc(CNc2ccc(Br)c(Cl)c2)nn1. The van der Waals surface area contributed by atoms with Crippen LogP contribution in [0.5, 0.6) is 0 Å². The van der Waals surface area contributed by atoms with Gasteiger partial charge in [-0.25, -0.2) is 4.68 Å². The molecular weight excluding hydrogens is 328 g/mol. The number of anilines is 1. The predicted octanol–water partition coefficient (Wildman–Crippen LogP) is 4.06. The van der Waals surface area contributed by atoms with Crippen molar-refractivity contribution < 1.29 is 0 Å². The molecule has 2 rings (SSSR count). The van der Waals surface area contributed by atoms with E-state index < -0.39 is 0 Å². The minimum Gasteiger partial charge on any atom is -0.379 e. The van der Waals surface area contributed by atoms with Crippen LogP contribution in [-0.2, 0) is 12.1 Å². The van der Waals surface area contributed by atoms with Gasteiger partial charge >= 0.3 is 0 Å². The number of nitrogens with zero attached hydrogens (tertiary/aromatic N) is 3. The highest BCUT2D eigenvalue weighted by Crippen LogP contribution is 2.25. The second-order valence-corrected chi connectivity index (χ2v) is 6.57. The molecule has 0 aliphatic rings. The lowest BCUT2D eigenvalue weighted by Gasteiger charge is -2.17. The number of aromatic nitrogens is 3. The molecule has 0 aliphatic heterocycles. The molecule has 0 spiro atoms. The number of hydrogen-bond donors (Lipinski definition) is 1. The molecule has 19 heavy (non-hydrogen) atoms. The van der Waals surface area contributed by atoms with Crippen LogP contribution >= 0.6 is 27.5 Å². The maximum Gasteiger partial charge on any atom is 0.102 e. The van der Waals surface area contributed by atoms with E-state index in [1.807, 2.05) is 29.1 Å². The number of nitrogens with one attached hydrogen (secondary N) is 1. The van der Waals surface area contributed by atoms with Gasteiger partial charge in [-0.1, -0.05) is 16.8 Å². The van der Waals surface area contributed by atoms with Gasteiger partial charge in [0.25, 0.3) is 0 Å². The van der Waals surface area contributed by atoms with Crippen molar-refractivity contribution in [1.29, 1.82) is 0 Å². The number of rotatable bonds is 3. The molecule has 1 heterocycles. The Bertz CT molecular complexity index is 574. The first-order valence-electron chi connectivity index (χ1n) is 5.97. The Morgan fingerprint density at radius 2 is 2.11 bits per heavy atom. The van der Waals surface area contributed by atoms with Crippen LogP contribution in [0, 0.1) is 0 Å². The molecule has 102 valence electrons. The van der Waals surface area contributed by atoms with Gasteiger partial charge in [-0.05, 0) is 54.9 Å². The molecular formula is C13H16BrClN4. The minimum atomic E-state index is -0.0494. The molecule has 0 saturated heterocycles. The lowest BCUT2D eigenvalue weighted by atomic mass is 10.1. The fourth-order valence-corrected chi connectivity index (χ4v) is 1.93. The van der Waals surface area contributed by atoms with Crippen molar-refractivity contribution >= 4 is 33.2 Å². The van der Waals surface area contributed by atoms with E-state index in [0.717, 1.165) is 15.9 Å². The molecule has 0 unspecified atom stereocenters. The molecule has 1 N–H and O–H groups in total. The first kappa shape index (κ1) is 14.3. The summed E-state index contributed by atoms with van der Waals surface area (Å²) in [5, 5.41) is 12.2. The zero-order valence-electron chi connectivity index (χ0n) is 11.1. The number of benzene rings is 1. The van der Waals surface area contributed by atoms with Crippen LogP contribution in [-0.4, -0.2) is 15.0 Å². The van der Waals surface area contributed by atoms with Crippen LogP contribution in [0.3, 0.4) is 0 Å². The highest BCUT2D eigenvalue weighted by atomic mass is 79.9. The van der Waals surface area contributed by atoms with Crippen LogP contribution in [0.1, 0.15) is 26.5 Å². The summed E-state index contributed by atoms with van der Waals surface area (Å²) < 4.78 is 2.75. The summed E-state index contributed by atoms with van der Waals surface area (Å²) >= 11 is 9.41. The average molecular weight is 344 g/mol. The molecule has 4 nitrogen and oxygen atoms in total. The van der Waals surface area contributed by atoms with Gasteiger partial charge in [-0.3, -0.25) is 0 Å². The zero-order chi connectivity index (χ0) is 14.0. The summed E-state index contributed by atoms with van der Waals surface area (Å²) in [6, 6.07) is 5.75. The quantitative estimate of drug-likeness (QED) is 0.914. The van der Waals surface area contributed by atoms with E-state index in [4.69, 9.17) is 11.6 Å². The number of hydrogen-bond acceptors (Lipinski definition) is 3. The summed E-state index contributed by atoms with van der Waals surface area (Å²) in [6.45, 7) is 6.89. The van der Waals surface area contributed by atoms with Gasteiger partial charge in [0.15, 0.2) is 0 Å². The third-order valence-corrected chi connectivity index (χ3v) is 3.85. The van der Waals surface area contributed by atoms with Gasteiger partial charge in [0.1, 0.15) is 5.69 Å². The Kier molecular flexibility index (Phi) is 4.16. The average Bonchev–Trinajstić information content (AvgIpc) is 2.79. The van der Waals surface area contributed by atoms with Crippen LogP contribution in [0.15, 0.2) is 28.9 Å². The monoisotopic (exact) mass is 342 g/mol. The Morgan fingerprint density at radius 3 is 2.68 bits per heavy atom. The number of halogens is 2. The van der Waals surface area contributed by atoms with Crippen molar-refractivity contribution in [3.8, 4) is 0 Å². The molecule has 0 saturated carbocycles. The largest absolute Gasteiger partial charge is 0.379 e. The van der Waals surface area contributed by atoms with E-state index in [1.54, 1.807) is 0 Å². The van der Waals surface area contributed by atoms with E-state index in [9.17, 15) is 0 Å². The molecule has 0 aliphatic carbocycles. The van der Waals surface area contributed by atoms with Crippen molar-refractivity contribution in [3.05, 3.63) is 39.6 Å². The smallest absolute Gasteiger partial charge is 0.102 e. The molecule has 6 heteroatoms. The highest BCUT2D eigenvalue weighted by Gasteiger charge is 2.14. The summed E-state index contributed by atoms with van der Waals surface area (Å²) in [5.74, 6) is 0. The Hall–Kier alpha value is -1.07. The Morgan fingerprint density at radius 1 is 1.37 bits per heavy atom. The van der Waals surface area contributed by atoms with Gasteiger partial charge in [-0.15, -0.1) is 5.10 Å². The van der Waals surface area contributed by atoms with Crippen LogP contribution in [0.25, 0.3) is 0 Å². The van der Waals surface area contributed by atoms with Crippen molar-refractivity contribution in [2.24, 2.45) is 0 Å². The highest BCUT2D eigenvalue weighted by molar-refractivity contribution is 9.10. The summed E-state index contributed by atoms with van der Waals surface area (Å²) in [4.78, 5) is 0.